The number of rotatable bonds is 2. The number of alkyl halides is 1. The first-order valence-corrected chi connectivity index (χ1v) is 10.6. The Hall–Kier alpha value is -1.94. The average molecular weight is 398 g/mol. The van der Waals surface area contributed by atoms with Crippen molar-refractivity contribution in [3.63, 3.8) is 0 Å². The van der Waals surface area contributed by atoms with E-state index in [-0.39, 0.29) is 23.6 Å². The van der Waals surface area contributed by atoms with Crippen LogP contribution in [0.25, 0.3) is 0 Å². The van der Waals surface area contributed by atoms with E-state index < -0.39 is 32.8 Å². The standard InChI is InChI=1S/C17H23FN4O4S/c1-16(2,18)15(24)22-7-8-26-17(12-22)4-9-27(25,10-5-17)21-14(23)13-3-6-19-20-11-13/h3,6,11H,4-5,7-10,12H2,1-2H3. The van der Waals surface area contributed by atoms with Gasteiger partial charge >= 0.3 is 0 Å². The van der Waals surface area contributed by atoms with E-state index in [1.165, 1.54) is 37.2 Å². The van der Waals surface area contributed by atoms with Gasteiger partial charge in [0, 0.05) is 24.6 Å². The summed E-state index contributed by atoms with van der Waals surface area (Å²) in [6.07, 6.45) is 3.45. The van der Waals surface area contributed by atoms with E-state index >= 15 is 0 Å². The maximum absolute atomic E-state index is 14.0. The Kier molecular flexibility index (Phi) is 5.31. The predicted octanol–water partition coefficient (Wildman–Crippen LogP) is 1.22. The lowest BCUT2D eigenvalue weighted by Gasteiger charge is -2.46. The predicted molar refractivity (Wildman–Crippen MR) is 96.4 cm³/mol. The second-order valence-corrected chi connectivity index (χ2v) is 9.98. The number of hydrogen-bond donors (Lipinski definition) is 0. The highest BCUT2D eigenvalue weighted by Gasteiger charge is 2.44. The minimum atomic E-state index is -2.71. The molecule has 0 bridgehead atoms. The van der Waals surface area contributed by atoms with Gasteiger partial charge in [-0.1, -0.05) is 0 Å². The third-order valence-corrected chi connectivity index (χ3v) is 7.06. The van der Waals surface area contributed by atoms with Crippen molar-refractivity contribution < 1.29 is 22.9 Å². The second kappa shape index (κ2) is 7.23. The number of hydrogen-bond acceptors (Lipinski definition) is 6. The number of aromatic nitrogens is 2. The van der Waals surface area contributed by atoms with Crippen LogP contribution in [0.1, 0.15) is 37.0 Å². The third kappa shape index (κ3) is 4.49. The highest BCUT2D eigenvalue weighted by molar-refractivity contribution is 7.93. The van der Waals surface area contributed by atoms with Gasteiger partial charge in [-0.2, -0.15) is 14.6 Å². The SMILES string of the molecule is CC(C)(F)C(=O)N1CCOC2(CCS(=O)(=NC(=O)c3ccnnc3)CC2)C1. The first kappa shape index (κ1) is 19.8. The van der Waals surface area contributed by atoms with Crippen molar-refractivity contribution >= 4 is 21.5 Å². The van der Waals surface area contributed by atoms with Crippen molar-refractivity contribution in [3.8, 4) is 0 Å². The van der Waals surface area contributed by atoms with E-state index in [4.69, 9.17) is 4.74 Å². The van der Waals surface area contributed by atoms with E-state index in [9.17, 15) is 18.2 Å². The van der Waals surface area contributed by atoms with Crippen LogP contribution in [-0.2, 0) is 19.3 Å². The molecule has 2 amide bonds. The summed E-state index contributed by atoms with van der Waals surface area (Å²) in [5.74, 6) is -0.760. The van der Waals surface area contributed by atoms with Crippen LogP contribution < -0.4 is 0 Å². The van der Waals surface area contributed by atoms with Gasteiger partial charge in [0.15, 0.2) is 5.67 Å². The van der Waals surface area contributed by atoms with E-state index in [1.807, 2.05) is 0 Å². The van der Waals surface area contributed by atoms with Crippen molar-refractivity contribution in [2.24, 2.45) is 4.36 Å². The van der Waals surface area contributed by atoms with Crippen molar-refractivity contribution in [2.75, 3.05) is 31.2 Å². The molecule has 148 valence electrons. The summed E-state index contributed by atoms with van der Waals surface area (Å²) in [4.78, 5) is 25.9. The fraction of sp³-hybridized carbons (Fsp3) is 0.647. The lowest BCUT2D eigenvalue weighted by atomic mass is 9.93. The van der Waals surface area contributed by atoms with Gasteiger partial charge in [-0.05, 0) is 32.8 Å². The zero-order valence-corrected chi connectivity index (χ0v) is 16.2. The molecular formula is C17H23FN4O4S. The van der Waals surface area contributed by atoms with E-state index in [0.29, 0.717) is 26.0 Å². The average Bonchev–Trinajstić information content (AvgIpc) is 2.64. The van der Waals surface area contributed by atoms with Crippen LogP contribution in [0.15, 0.2) is 22.8 Å². The number of ether oxygens (including phenoxy) is 1. The summed E-state index contributed by atoms with van der Waals surface area (Å²) in [5, 5.41) is 7.22. The molecule has 10 heteroatoms. The molecule has 2 aliphatic heterocycles. The van der Waals surface area contributed by atoms with Crippen LogP contribution in [0.3, 0.4) is 0 Å². The lowest BCUT2D eigenvalue weighted by Crippen LogP contribution is -2.59. The molecule has 3 rings (SSSR count). The molecular weight excluding hydrogens is 375 g/mol. The van der Waals surface area contributed by atoms with E-state index in [1.54, 1.807) is 0 Å². The highest BCUT2D eigenvalue weighted by Crippen LogP contribution is 2.33. The zero-order valence-electron chi connectivity index (χ0n) is 15.4. The normalized spacial score (nSPS) is 28.8. The smallest absolute Gasteiger partial charge is 0.286 e. The van der Waals surface area contributed by atoms with E-state index in [2.05, 4.69) is 14.6 Å². The quantitative estimate of drug-likeness (QED) is 0.742. The summed E-state index contributed by atoms with van der Waals surface area (Å²) in [6, 6.07) is 1.47. The Balaban J connectivity index is 1.70. The summed E-state index contributed by atoms with van der Waals surface area (Å²) in [5.41, 5.74) is -2.36. The molecule has 0 atom stereocenters. The first-order chi connectivity index (χ1) is 12.6. The van der Waals surface area contributed by atoms with Crippen LogP contribution in [0, 0.1) is 0 Å². The van der Waals surface area contributed by atoms with Gasteiger partial charge in [-0.15, -0.1) is 0 Å². The molecule has 0 aromatic carbocycles. The van der Waals surface area contributed by atoms with Crippen molar-refractivity contribution in [3.05, 3.63) is 24.0 Å². The van der Waals surface area contributed by atoms with Gasteiger partial charge in [0.25, 0.3) is 11.8 Å². The van der Waals surface area contributed by atoms with Gasteiger partial charge in [-0.25, -0.2) is 8.60 Å². The fourth-order valence-corrected chi connectivity index (χ4v) is 5.50. The van der Waals surface area contributed by atoms with Crippen LogP contribution in [0.4, 0.5) is 4.39 Å². The molecule has 0 aliphatic carbocycles. The molecule has 0 N–H and O–H groups in total. The monoisotopic (exact) mass is 398 g/mol. The third-order valence-electron chi connectivity index (χ3n) is 4.88. The maximum Gasteiger partial charge on any atom is 0.286 e. The topological polar surface area (TPSA) is 102 Å². The Morgan fingerprint density at radius 3 is 2.63 bits per heavy atom. The Labute approximate surface area is 157 Å². The molecule has 3 heterocycles. The number of carbonyl (C=O) groups excluding carboxylic acids is 2. The second-order valence-electron chi connectivity index (χ2n) is 7.44. The Morgan fingerprint density at radius 1 is 1.33 bits per heavy atom. The van der Waals surface area contributed by atoms with Gasteiger partial charge in [0.2, 0.25) is 0 Å². The molecule has 1 aromatic heterocycles. The minimum absolute atomic E-state index is 0.193. The van der Waals surface area contributed by atoms with Gasteiger partial charge in [0.05, 0.1) is 39.9 Å². The summed E-state index contributed by atoms with van der Waals surface area (Å²) in [7, 11) is -2.71. The molecule has 8 nitrogen and oxygen atoms in total. The number of carbonyl (C=O) groups is 2. The number of morpholine rings is 1. The summed E-state index contributed by atoms with van der Waals surface area (Å²) < 4.78 is 36.8. The van der Waals surface area contributed by atoms with Gasteiger partial charge < -0.3 is 9.64 Å². The van der Waals surface area contributed by atoms with Crippen molar-refractivity contribution in [2.45, 2.75) is 38.0 Å². The largest absolute Gasteiger partial charge is 0.371 e. The van der Waals surface area contributed by atoms with Crippen molar-refractivity contribution in [1.82, 2.24) is 15.1 Å². The Morgan fingerprint density at radius 2 is 2.04 bits per heavy atom. The molecule has 0 saturated carbocycles. The maximum atomic E-state index is 14.0. The summed E-state index contributed by atoms with van der Waals surface area (Å²) in [6.45, 7) is 3.38. The van der Waals surface area contributed by atoms with Crippen LogP contribution >= 0.6 is 0 Å². The van der Waals surface area contributed by atoms with Crippen molar-refractivity contribution in [1.29, 1.82) is 0 Å². The molecule has 2 aliphatic rings. The minimum Gasteiger partial charge on any atom is -0.371 e. The molecule has 0 radical (unpaired) electrons. The first-order valence-electron chi connectivity index (χ1n) is 8.78. The van der Waals surface area contributed by atoms with Crippen LogP contribution in [0.2, 0.25) is 0 Å². The molecule has 1 spiro atoms. The molecule has 27 heavy (non-hydrogen) atoms. The number of nitrogens with zero attached hydrogens (tertiary/aromatic N) is 4. The molecule has 0 unspecified atom stereocenters. The van der Waals surface area contributed by atoms with Gasteiger partial charge in [0.1, 0.15) is 0 Å². The lowest BCUT2D eigenvalue weighted by molar-refractivity contribution is -0.161. The highest BCUT2D eigenvalue weighted by atomic mass is 32.2. The zero-order chi connectivity index (χ0) is 19.7. The summed E-state index contributed by atoms with van der Waals surface area (Å²) >= 11 is 0. The molecule has 1 aromatic rings. The molecule has 2 saturated heterocycles. The number of halogens is 1. The Bertz CT molecular complexity index is 832. The van der Waals surface area contributed by atoms with E-state index in [0.717, 1.165) is 0 Å². The van der Waals surface area contributed by atoms with Gasteiger partial charge in [-0.3, -0.25) is 9.59 Å². The number of amides is 2. The van der Waals surface area contributed by atoms with Crippen LogP contribution in [0.5, 0.6) is 0 Å². The fourth-order valence-electron chi connectivity index (χ4n) is 3.33. The molecule has 2 fully saturated rings. The van der Waals surface area contributed by atoms with Crippen LogP contribution in [-0.4, -0.2) is 73.6 Å².